The number of aromatic nitrogens is 3. The molecular formula is C30H28N4OS. The summed E-state index contributed by atoms with van der Waals surface area (Å²) < 4.78 is 2.23. The van der Waals surface area contributed by atoms with Crippen LogP contribution in [0, 0.1) is 13.8 Å². The van der Waals surface area contributed by atoms with Crippen molar-refractivity contribution in [1.29, 1.82) is 0 Å². The van der Waals surface area contributed by atoms with E-state index in [0.717, 1.165) is 39.6 Å². The van der Waals surface area contributed by atoms with Gasteiger partial charge in [-0.15, -0.1) is 0 Å². The molecule has 1 N–H and O–H groups in total. The lowest BCUT2D eigenvalue weighted by atomic mass is 10.1. The molecule has 5 nitrogen and oxygen atoms in total. The summed E-state index contributed by atoms with van der Waals surface area (Å²) in [6.45, 7) is 5.43. The fourth-order valence-corrected chi connectivity index (χ4v) is 5.16. The first kappa shape index (κ1) is 23.8. The van der Waals surface area contributed by atoms with Gasteiger partial charge < -0.3 is 9.88 Å². The molecule has 0 spiro atoms. The molecule has 6 heteroatoms. The third-order valence-corrected chi connectivity index (χ3v) is 7.27. The Kier molecular flexibility index (Phi) is 7.14. The minimum absolute atomic E-state index is 0.0649. The Morgan fingerprint density at radius 3 is 2.58 bits per heavy atom. The van der Waals surface area contributed by atoms with E-state index in [9.17, 15) is 4.79 Å². The molecule has 36 heavy (non-hydrogen) atoms. The van der Waals surface area contributed by atoms with Gasteiger partial charge in [0.15, 0.2) is 5.16 Å². The van der Waals surface area contributed by atoms with Crippen LogP contribution >= 0.6 is 11.8 Å². The third-order valence-electron chi connectivity index (χ3n) is 6.22. The maximum Gasteiger partial charge on any atom is 0.251 e. The van der Waals surface area contributed by atoms with E-state index in [1.54, 1.807) is 18.0 Å². The van der Waals surface area contributed by atoms with Crippen LogP contribution in [0.25, 0.3) is 11.0 Å². The number of imidazole rings is 1. The van der Waals surface area contributed by atoms with Crippen LogP contribution in [-0.2, 0) is 18.8 Å². The summed E-state index contributed by atoms with van der Waals surface area (Å²) in [6, 6.07) is 26.4. The zero-order chi connectivity index (χ0) is 24.9. The molecular weight excluding hydrogens is 464 g/mol. The average Bonchev–Trinajstić information content (AvgIpc) is 3.24. The van der Waals surface area contributed by atoms with Crippen LogP contribution in [0.5, 0.6) is 0 Å². The van der Waals surface area contributed by atoms with Crippen molar-refractivity contribution in [1.82, 2.24) is 19.9 Å². The number of fused-ring (bicyclic) bond motifs is 1. The van der Waals surface area contributed by atoms with Crippen LogP contribution in [0.3, 0.4) is 0 Å². The topological polar surface area (TPSA) is 59.8 Å². The van der Waals surface area contributed by atoms with Gasteiger partial charge in [-0.05, 0) is 54.3 Å². The first-order valence-corrected chi connectivity index (χ1v) is 13.0. The van der Waals surface area contributed by atoms with Crippen LogP contribution in [0.4, 0.5) is 0 Å². The molecule has 180 valence electrons. The molecule has 3 aromatic carbocycles. The quantitative estimate of drug-likeness (QED) is 0.258. The van der Waals surface area contributed by atoms with Crippen LogP contribution < -0.4 is 5.32 Å². The number of pyridine rings is 1. The summed E-state index contributed by atoms with van der Waals surface area (Å²) >= 11 is 1.70. The summed E-state index contributed by atoms with van der Waals surface area (Å²) in [5.41, 5.74) is 8.56. The van der Waals surface area contributed by atoms with Gasteiger partial charge in [-0.1, -0.05) is 78.0 Å². The lowest BCUT2D eigenvalue weighted by molar-refractivity contribution is 0.0951. The molecule has 0 saturated carbocycles. The van der Waals surface area contributed by atoms with Crippen molar-refractivity contribution >= 4 is 28.7 Å². The number of rotatable bonds is 8. The Morgan fingerprint density at radius 1 is 0.944 bits per heavy atom. The standard InChI is InChI=1S/C30H28N4OS/c1-21-6-5-8-24(16-21)19-34-28-18-31-15-14-27(28)33-30(34)36-20-23-10-12-25(13-11-23)29(35)32-17-26-9-4-3-7-22(26)2/h3-16,18H,17,19-20H2,1-2H3,(H,32,35). The first-order chi connectivity index (χ1) is 17.6. The van der Waals surface area contributed by atoms with Crippen LogP contribution in [0.1, 0.15) is 38.2 Å². The Morgan fingerprint density at radius 2 is 1.78 bits per heavy atom. The monoisotopic (exact) mass is 492 g/mol. The second kappa shape index (κ2) is 10.8. The Hall–Kier alpha value is -3.90. The average molecular weight is 493 g/mol. The van der Waals surface area contributed by atoms with E-state index >= 15 is 0 Å². The van der Waals surface area contributed by atoms with E-state index in [1.165, 1.54) is 16.7 Å². The van der Waals surface area contributed by atoms with Crippen molar-refractivity contribution in [3.05, 3.63) is 125 Å². The predicted molar refractivity (Wildman–Crippen MR) is 146 cm³/mol. The Bertz CT molecular complexity index is 1510. The van der Waals surface area contributed by atoms with Gasteiger partial charge in [0.05, 0.1) is 23.8 Å². The van der Waals surface area contributed by atoms with E-state index in [4.69, 9.17) is 4.98 Å². The molecule has 0 aliphatic heterocycles. The van der Waals surface area contributed by atoms with Crippen molar-refractivity contribution in [3.8, 4) is 0 Å². The van der Waals surface area contributed by atoms with Gasteiger partial charge >= 0.3 is 0 Å². The molecule has 0 aliphatic rings. The van der Waals surface area contributed by atoms with Gasteiger partial charge in [0.25, 0.3) is 5.91 Å². The van der Waals surface area contributed by atoms with Gasteiger partial charge in [-0.2, -0.15) is 0 Å². The number of nitrogens with one attached hydrogen (secondary N) is 1. The summed E-state index contributed by atoms with van der Waals surface area (Å²) in [4.78, 5) is 21.8. The molecule has 0 bridgehead atoms. The number of benzene rings is 3. The van der Waals surface area contributed by atoms with Gasteiger partial charge in [-0.25, -0.2) is 4.98 Å². The highest BCUT2D eigenvalue weighted by Crippen LogP contribution is 2.27. The normalized spacial score (nSPS) is 11.1. The van der Waals surface area contributed by atoms with Crippen molar-refractivity contribution < 1.29 is 4.79 Å². The van der Waals surface area contributed by atoms with Gasteiger partial charge in [0, 0.05) is 24.1 Å². The zero-order valence-electron chi connectivity index (χ0n) is 20.4. The lowest BCUT2D eigenvalue weighted by Gasteiger charge is -2.10. The van der Waals surface area contributed by atoms with Gasteiger partial charge in [0.2, 0.25) is 0 Å². The van der Waals surface area contributed by atoms with Crippen LogP contribution in [-0.4, -0.2) is 20.4 Å². The lowest BCUT2D eigenvalue weighted by Crippen LogP contribution is -2.23. The number of hydrogen-bond donors (Lipinski definition) is 1. The number of aryl methyl sites for hydroxylation is 2. The highest BCUT2D eigenvalue weighted by molar-refractivity contribution is 7.98. The first-order valence-electron chi connectivity index (χ1n) is 12.0. The molecule has 5 aromatic rings. The van der Waals surface area contributed by atoms with E-state index in [-0.39, 0.29) is 5.91 Å². The number of thioether (sulfide) groups is 1. The molecule has 0 aliphatic carbocycles. The van der Waals surface area contributed by atoms with Crippen LogP contribution in [0.2, 0.25) is 0 Å². The molecule has 0 unspecified atom stereocenters. The zero-order valence-corrected chi connectivity index (χ0v) is 21.3. The molecule has 1 amide bonds. The second-order valence-electron chi connectivity index (χ2n) is 8.93. The maximum absolute atomic E-state index is 12.6. The van der Waals surface area contributed by atoms with E-state index in [1.807, 2.05) is 54.7 Å². The maximum atomic E-state index is 12.6. The van der Waals surface area contributed by atoms with E-state index in [2.05, 4.69) is 59.0 Å². The molecule has 2 heterocycles. The summed E-state index contributed by atoms with van der Waals surface area (Å²) in [5.74, 6) is 0.695. The fourth-order valence-electron chi connectivity index (χ4n) is 4.19. The second-order valence-corrected chi connectivity index (χ2v) is 9.87. The van der Waals surface area contributed by atoms with E-state index in [0.29, 0.717) is 12.1 Å². The van der Waals surface area contributed by atoms with Crippen molar-refractivity contribution in [2.24, 2.45) is 0 Å². The molecule has 0 fully saturated rings. The molecule has 5 rings (SSSR count). The van der Waals surface area contributed by atoms with Crippen molar-refractivity contribution in [3.63, 3.8) is 0 Å². The molecule has 0 radical (unpaired) electrons. The Balaban J connectivity index is 1.27. The highest BCUT2D eigenvalue weighted by atomic mass is 32.2. The van der Waals surface area contributed by atoms with Crippen LogP contribution in [0.15, 0.2) is 96.4 Å². The van der Waals surface area contributed by atoms with Crippen molar-refractivity contribution in [2.45, 2.75) is 37.8 Å². The SMILES string of the molecule is Cc1cccc(Cn2c(SCc3ccc(C(=O)NCc4ccccc4C)cc3)nc3ccncc32)c1. The summed E-state index contributed by atoms with van der Waals surface area (Å²) in [7, 11) is 0. The molecule has 0 saturated heterocycles. The minimum Gasteiger partial charge on any atom is -0.348 e. The highest BCUT2D eigenvalue weighted by Gasteiger charge is 2.13. The van der Waals surface area contributed by atoms with Crippen molar-refractivity contribution in [2.75, 3.05) is 0 Å². The van der Waals surface area contributed by atoms with Gasteiger partial charge in [0.1, 0.15) is 0 Å². The number of hydrogen-bond acceptors (Lipinski definition) is 4. The number of carbonyl (C=O) groups excluding carboxylic acids is 1. The number of carbonyl (C=O) groups is 1. The Labute approximate surface area is 215 Å². The van der Waals surface area contributed by atoms with Gasteiger partial charge in [-0.3, -0.25) is 9.78 Å². The minimum atomic E-state index is -0.0649. The van der Waals surface area contributed by atoms with E-state index < -0.39 is 0 Å². The number of nitrogens with zero attached hydrogens (tertiary/aromatic N) is 3. The fraction of sp³-hybridized carbons (Fsp3) is 0.167. The largest absolute Gasteiger partial charge is 0.348 e. The smallest absolute Gasteiger partial charge is 0.251 e. The summed E-state index contributed by atoms with van der Waals surface area (Å²) in [5, 5.41) is 3.98. The summed E-state index contributed by atoms with van der Waals surface area (Å²) in [6.07, 6.45) is 3.66. The third kappa shape index (κ3) is 5.50. The predicted octanol–water partition coefficient (Wildman–Crippen LogP) is 6.32. The molecule has 0 atom stereocenters. The number of amides is 1. The molecule has 2 aromatic heterocycles.